The maximum Gasteiger partial charge on any atom is 0.154 e. The average Bonchev–Trinajstić information content (AvgIpc) is 1.82. The molecule has 0 rings (SSSR count). The summed E-state index contributed by atoms with van der Waals surface area (Å²) < 4.78 is 0. The molecule has 1 unspecified atom stereocenters. The zero-order chi connectivity index (χ0) is 7.28. The Morgan fingerprint density at radius 3 is 1.91 bits per heavy atom. The molecular weight excluding hydrogens is 187 g/mol. The van der Waals surface area contributed by atoms with Crippen molar-refractivity contribution in [3.63, 3.8) is 0 Å². The van der Waals surface area contributed by atoms with Gasteiger partial charge in [0.1, 0.15) is 0 Å². The SMILES string of the molecule is CCCCC(C)C(O)O.Cl.Cl. The van der Waals surface area contributed by atoms with E-state index in [1.165, 1.54) is 0 Å². The minimum Gasteiger partial charge on any atom is -0.368 e. The highest BCUT2D eigenvalue weighted by Gasteiger charge is 2.08. The summed E-state index contributed by atoms with van der Waals surface area (Å²) >= 11 is 0. The molecule has 72 valence electrons. The number of aliphatic hydroxyl groups excluding tert-OH is 1. The summed E-state index contributed by atoms with van der Waals surface area (Å²) in [5.41, 5.74) is 0. The number of rotatable bonds is 4. The second-order valence-corrected chi connectivity index (χ2v) is 2.53. The van der Waals surface area contributed by atoms with Gasteiger partial charge in [0.25, 0.3) is 0 Å². The van der Waals surface area contributed by atoms with Crippen LogP contribution in [0.4, 0.5) is 0 Å². The van der Waals surface area contributed by atoms with Gasteiger partial charge in [-0.3, -0.25) is 0 Å². The van der Waals surface area contributed by atoms with Crippen molar-refractivity contribution in [1.82, 2.24) is 0 Å². The monoisotopic (exact) mass is 204 g/mol. The van der Waals surface area contributed by atoms with E-state index in [0.29, 0.717) is 0 Å². The fourth-order valence-electron chi connectivity index (χ4n) is 0.675. The highest BCUT2D eigenvalue weighted by molar-refractivity contribution is 5.85. The van der Waals surface area contributed by atoms with E-state index >= 15 is 0 Å². The normalized spacial score (nSPS) is 11.7. The van der Waals surface area contributed by atoms with Crippen LogP contribution < -0.4 is 0 Å². The second-order valence-electron chi connectivity index (χ2n) is 2.53. The summed E-state index contributed by atoms with van der Waals surface area (Å²) in [6, 6.07) is 0. The molecule has 0 amide bonds. The summed E-state index contributed by atoms with van der Waals surface area (Å²) in [6.45, 7) is 3.94. The summed E-state index contributed by atoms with van der Waals surface area (Å²) in [5, 5.41) is 17.2. The van der Waals surface area contributed by atoms with Gasteiger partial charge in [-0.2, -0.15) is 0 Å². The quantitative estimate of drug-likeness (QED) is 0.689. The Hall–Kier alpha value is 0.500. The van der Waals surface area contributed by atoms with Crippen molar-refractivity contribution in [2.75, 3.05) is 0 Å². The lowest BCUT2D eigenvalue weighted by atomic mass is 10.0. The third kappa shape index (κ3) is 10.5. The van der Waals surface area contributed by atoms with Crippen LogP contribution in [0.1, 0.15) is 33.1 Å². The van der Waals surface area contributed by atoms with Crippen molar-refractivity contribution in [3.05, 3.63) is 0 Å². The fourth-order valence-corrected chi connectivity index (χ4v) is 0.675. The number of unbranched alkanes of at least 4 members (excludes halogenated alkanes) is 1. The minimum atomic E-state index is -1.13. The summed E-state index contributed by atoms with van der Waals surface area (Å²) in [5.74, 6) is 0.0324. The molecule has 0 spiro atoms. The molecule has 0 aliphatic heterocycles. The Balaban J connectivity index is -0.000000320. The molecule has 0 fully saturated rings. The van der Waals surface area contributed by atoms with E-state index in [2.05, 4.69) is 6.92 Å². The average molecular weight is 205 g/mol. The molecule has 0 heterocycles. The standard InChI is InChI=1S/C7H16O2.2ClH/c1-3-4-5-6(2)7(8)9;;/h6-9H,3-5H2,1-2H3;2*1H. The topological polar surface area (TPSA) is 40.5 Å². The first-order valence-electron chi connectivity index (χ1n) is 3.54. The van der Waals surface area contributed by atoms with E-state index in [0.717, 1.165) is 19.3 Å². The molecule has 0 saturated heterocycles. The number of hydrogen-bond donors (Lipinski definition) is 2. The van der Waals surface area contributed by atoms with E-state index < -0.39 is 6.29 Å². The number of aliphatic hydroxyl groups is 2. The molecule has 0 aliphatic carbocycles. The van der Waals surface area contributed by atoms with Crippen molar-refractivity contribution in [2.45, 2.75) is 39.4 Å². The fraction of sp³-hybridized carbons (Fsp3) is 1.00. The molecule has 0 aliphatic rings. The first-order valence-corrected chi connectivity index (χ1v) is 3.54. The highest BCUT2D eigenvalue weighted by Crippen LogP contribution is 2.09. The van der Waals surface area contributed by atoms with Gasteiger partial charge in [0.15, 0.2) is 6.29 Å². The van der Waals surface area contributed by atoms with Gasteiger partial charge >= 0.3 is 0 Å². The Labute approximate surface area is 80.8 Å². The maximum absolute atomic E-state index is 8.60. The predicted molar refractivity (Wildman–Crippen MR) is 51.4 cm³/mol. The van der Waals surface area contributed by atoms with E-state index in [-0.39, 0.29) is 30.7 Å². The van der Waals surface area contributed by atoms with Crippen molar-refractivity contribution in [2.24, 2.45) is 5.92 Å². The second kappa shape index (κ2) is 10.5. The van der Waals surface area contributed by atoms with E-state index in [1.54, 1.807) is 0 Å². The molecule has 0 saturated carbocycles. The van der Waals surface area contributed by atoms with Crippen LogP contribution in [0.2, 0.25) is 0 Å². The lowest BCUT2D eigenvalue weighted by Gasteiger charge is -2.11. The predicted octanol–water partition coefficient (Wildman–Crippen LogP) is 1.97. The van der Waals surface area contributed by atoms with Gasteiger partial charge in [0, 0.05) is 5.92 Å². The third-order valence-corrected chi connectivity index (χ3v) is 1.52. The van der Waals surface area contributed by atoms with Crippen LogP contribution in [-0.4, -0.2) is 16.5 Å². The molecular formula is C7H18Cl2O2. The molecule has 2 N–H and O–H groups in total. The molecule has 11 heavy (non-hydrogen) atoms. The van der Waals surface area contributed by atoms with Crippen molar-refractivity contribution < 1.29 is 10.2 Å². The lowest BCUT2D eigenvalue weighted by molar-refractivity contribution is -0.0807. The van der Waals surface area contributed by atoms with Crippen LogP contribution in [0, 0.1) is 5.92 Å². The lowest BCUT2D eigenvalue weighted by Crippen LogP contribution is -2.15. The molecule has 0 bridgehead atoms. The van der Waals surface area contributed by atoms with Gasteiger partial charge in [-0.25, -0.2) is 0 Å². The zero-order valence-corrected chi connectivity index (χ0v) is 8.62. The van der Waals surface area contributed by atoms with Crippen LogP contribution in [0.25, 0.3) is 0 Å². The summed E-state index contributed by atoms with van der Waals surface area (Å²) in [7, 11) is 0. The summed E-state index contributed by atoms with van der Waals surface area (Å²) in [4.78, 5) is 0. The molecule has 1 atom stereocenters. The van der Waals surface area contributed by atoms with E-state index in [4.69, 9.17) is 10.2 Å². The Kier molecular flexibility index (Phi) is 16.8. The zero-order valence-electron chi connectivity index (χ0n) is 6.99. The molecule has 0 aromatic heterocycles. The van der Waals surface area contributed by atoms with Gasteiger partial charge < -0.3 is 10.2 Å². The van der Waals surface area contributed by atoms with Crippen molar-refractivity contribution in [1.29, 1.82) is 0 Å². The van der Waals surface area contributed by atoms with Crippen LogP contribution in [0.5, 0.6) is 0 Å². The highest BCUT2D eigenvalue weighted by atomic mass is 35.5. The maximum atomic E-state index is 8.60. The Morgan fingerprint density at radius 1 is 1.18 bits per heavy atom. The number of hydrogen-bond acceptors (Lipinski definition) is 2. The smallest absolute Gasteiger partial charge is 0.154 e. The van der Waals surface area contributed by atoms with Gasteiger partial charge in [0.2, 0.25) is 0 Å². The van der Waals surface area contributed by atoms with Crippen LogP contribution in [0.15, 0.2) is 0 Å². The van der Waals surface area contributed by atoms with Crippen LogP contribution in [-0.2, 0) is 0 Å². The van der Waals surface area contributed by atoms with E-state index in [1.807, 2.05) is 6.92 Å². The Morgan fingerprint density at radius 2 is 1.64 bits per heavy atom. The van der Waals surface area contributed by atoms with Gasteiger partial charge in [0.05, 0.1) is 0 Å². The molecule has 0 aromatic rings. The van der Waals surface area contributed by atoms with E-state index in [9.17, 15) is 0 Å². The molecule has 2 nitrogen and oxygen atoms in total. The summed E-state index contributed by atoms with van der Waals surface area (Å²) in [6.07, 6.45) is 1.99. The first kappa shape index (κ1) is 17.5. The van der Waals surface area contributed by atoms with Gasteiger partial charge in [-0.05, 0) is 6.42 Å². The van der Waals surface area contributed by atoms with Crippen LogP contribution in [0.3, 0.4) is 0 Å². The molecule has 0 radical (unpaired) electrons. The Bertz CT molecular complexity index is 69.5. The first-order chi connectivity index (χ1) is 4.18. The third-order valence-electron chi connectivity index (χ3n) is 1.52. The minimum absolute atomic E-state index is 0. The van der Waals surface area contributed by atoms with Crippen molar-refractivity contribution >= 4 is 24.8 Å². The largest absolute Gasteiger partial charge is 0.368 e. The van der Waals surface area contributed by atoms with Gasteiger partial charge in [-0.15, -0.1) is 24.8 Å². The van der Waals surface area contributed by atoms with Crippen LogP contribution >= 0.6 is 24.8 Å². The van der Waals surface area contributed by atoms with Crippen molar-refractivity contribution in [3.8, 4) is 0 Å². The van der Waals surface area contributed by atoms with Gasteiger partial charge in [-0.1, -0.05) is 26.7 Å². The molecule has 4 heteroatoms. The molecule has 0 aromatic carbocycles. The number of halogens is 2.